The summed E-state index contributed by atoms with van der Waals surface area (Å²) in [5, 5.41) is 5.08. The van der Waals surface area contributed by atoms with Gasteiger partial charge in [0, 0.05) is 59.1 Å². The van der Waals surface area contributed by atoms with Crippen molar-refractivity contribution in [1.82, 2.24) is 4.57 Å². The first kappa shape index (κ1) is 34.8. The number of thiophene rings is 1. The highest BCUT2D eigenvalue weighted by Crippen LogP contribution is 2.51. The normalized spacial score (nSPS) is 13.0. The van der Waals surface area contributed by atoms with Crippen molar-refractivity contribution in [2.45, 2.75) is 19.3 Å². The molecule has 0 spiro atoms. The van der Waals surface area contributed by atoms with E-state index in [1.807, 2.05) is 11.3 Å². The summed E-state index contributed by atoms with van der Waals surface area (Å²) in [4.78, 5) is 2.44. The molecule has 12 rings (SSSR count). The van der Waals surface area contributed by atoms with Crippen LogP contribution >= 0.6 is 11.3 Å². The summed E-state index contributed by atoms with van der Waals surface area (Å²) in [6.45, 7) is 4.72. The Hall–Kier alpha value is -7.20. The number of benzene rings is 9. The molecular weight excluding hydrogens is 745 g/mol. The van der Waals surface area contributed by atoms with Crippen molar-refractivity contribution < 1.29 is 0 Å². The number of aromatic nitrogens is 1. The molecule has 0 radical (unpaired) electrons. The molecule has 2 heterocycles. The summed E-state index contributed by atoms with van der Waals surface area (Å²) >= 11 is 1.87. The molecule has 0 N–H and O–H groups in total. The largest absolute Gasteiger partial charge is 0.310 e. The molecule has 0 unspecified atom stereocenters. The van der Waals surface area contributed by atoms with E-state index in [0.29, 0.717) is 0 Å². The van der Waals surface area contributed by atoms with E-state index in [4.69, 9.17) is 0 Å². The predicted molar refractivity (Wildman–Crippen MR) is 257 cm³/mol. The highest BCUT2D eigenvalue weighted by Gasteiger charge is 2.35. The van der Waals surface area contributed by atoms with Crippen LogP contribution in [0.25, 0.3) is 81.0 Å². The lowest BCUT2D eigenvalue weighted by molar-refractivity contribution is 0.660. The fourth-order valence-electron chi connectivity index (χ4n) is 9.80. The fourth-order valence-corrected chi connectivity index (χ4v) is 10.9. The standard InChI is InChI=1S/C57H40N2S/c1-57(2)51-19-11-9-17-45(51)46-30-26-43(35-52(46)57)58(41-24-21-39(22-25-41)37-13-5-3-6-14-37)42-28-32-55-50(34-42)49-31-27-44(36-56(49)60-55)59-53-20-12-10-18-47(53)48-29-23-40(33-54(48)59)38-15-7-4-8-16-38/h3-36H,1-2H3. The molecule has 0 fully saturated rings. The van der Waals surface area contributed by atoms with Crippen molar-refractivity contribution in [3.63, 3.8) is 0 Å². The lowest BCUT2D eigenvalue weighted by Crippen LogP contribution is -2.16. The van der Waals surface area contributed by atoms with E-state index in [1.165, 1.54) is 92.2 Å². The van der Waals surface area contributed by atoms with Gasteiger partial charge in [0.1, 0.15) is 0 Å². The van der Waals surface area contributed by atoms with Crippen LogP contribution in [0.3, 0.4) is 0 Å². The van der Waals surface area contributed by atoms with E-state index in [2.05, 4.69) is 230 Å². The molecule has 9 aromatic carbocycles. The minimum atomic E-state index is -0.102. The molecule has 1 aliphatic rings. The highest BCUT2D eigenvalue weighted by molar-refractivity contribution is 7.25. The Labute approximate surface area is 353 Å². The van der Waals surface area contributed by atoms with Crippen LogP contribution in [-0.4, -0.2) is 4.57 Å². The number of fused-ring (bicyclic) bond motifs is 9. The number of anilines is 3. The van der Waals surface area contributed by atoms with Gasteiger partial charge in [0.25, 0.3) is 0 Å². The lowest BCUT2D eigenvalue weighted by atomic mass is 9.82. The topological polar surface area (TPSA) is 8.17 Å². The molecule has 284 valence electrons. The van der Waals surface area contributed by atoms with E-state index < -0.39 is 0 Å². The number of nitrogens with zero attached hydrogens (tertiary/aromatic N) is 2. The van der Waals surface area contributed by atoms with Crippen molar-refractivity contribution in [2.75, 3.05) is 4.90 Å². The summed E-state index contributed by atoms with van der Waals surface area (Å²) < 4.78 is 5.01. The molecule has 0 atom stereocenters. The first-order valence-corrected chi connectivity index (χ1v) is 21.6. The molecule has 0 aliphatic heterocycles. The molecule has 0 saturated carbocycles. The summed E-state index contributed by atoms with van der Waals surface area (Å²) in [6, 6.07) is 76.1. The summed E-state index contributed by atoms with van der Waals surface area (Å²) in [5.41, 5.74) is 17.2. The maximum Gasteiger partial charge on any atom is 0.0547 e. The zero-order valence-corrected chi connectivity index (χ0v) is 34.2. The molecular formula is C57H40N2S. The van der Waals surface area contributed by atoms with E-state index in [9.17, 15) is 0 Å². The van der Waals surface area contributed by atoms with Gasteiger partial charge in [0.05, 0.1) is 11.0 Å². The van der Waals surface area contributed by atoms with Crippen LogP contribution in [0.1, 0.15) is 25.0 Å². The SMILES string of the molecule is CC1(C)c2ccccc2-c2ccc(N(c3ccc(-c4ccccc4)cc3)c3ccc4sc5cc(-n6c7ccccc7c7ccc(-c8ccccc8)cc76)ccc5c4c3)cc21. The number of rotatable bonds is 6. The zero-order valence-electron chi connectivity index (χ0n) is 33.4. The molecule has 0 bridgehead atoms. The second-order valence-corrected chi connectivity index (χ2v) is 17.6. The van der Waals surface area contributed by atoms with Gasteiger partial charge in [-0.05, 0) is 111 Å². The average molecular weight is 785 g/mol. The van der Waals surface area contributed by atoms with E-state index in [1.54, 1.807) is 0 Å². The first-order chi connectivity index (χ1) is 29.5. The van der Waals surface area contributed by atoms with Crippen LogP contribution in [0.5, 0.6) is 0 Å². The van der Waals surface area contributed by atoms with Gasteiger partial charge >= 0.3 is 0 Å². The van der Waals surface area contributed by atoms with Crippen molar-refractivity contribution in [1.29, 1.82) is 0 Å². The summed E-state index contributed by atoms with van der Waals surface area (Å²) in [6.07, 6.45) is 0. The van der Waals surface area contributed by atoms with E-state index >= 15 is 0 Å². The minimum Gasteiger partial charge on any atom is -0.310 e. The Morgan fingerprint density at radius 1 is 0.383 bits per heavy atom. The van der Waals surface area contributed by atoms with Gasteiger partial charge in [-0.1, -0.05) is 153 Å². The molecule has 11 aromatic rings. The van der Waals surface area contributed by atoms with Crippen molar-refractivity contribution in [2.24, 2.45) is 0 Å². The number of para-hydroxylation sites is 1. The van der Waals surface area contributed by atoms with Crippen LogP contribution in [0.2, 0.25) is 0 Å². The number of hydrogen-bond acceptors (Lipinski definition) is 2. The average Bonchev–Trinajstić information content (AvgIpc) is 3.91. The highest BCUT2D eigenvalue weighted by atomic mass is 32.1. The zero-order chi connectivity index (χ0) is 40.0. The van der Waals surface area contributed by atoms with Gasteiger partial charge in [-0.15, -0.1) is 11.3 Å². The Balaban J connectivity index is 1.00. The van der Waals surface area contributed by atoms with E-state index in [-0.39, 0.29) is 5.41 Å². The summed E-state index contributed by atoms with van der Waals surface area (Å²) in [5.74, 6) is 0. The summed E-state index contributed by atoms with van der Waals surface area (Å²) in [7, 11) is 0. The van der Waals surface area contributed by atoms with Gasteiger partial charge < -0.3 is 9.47 Å². The monoisotopic (exact) mass is 784 g/mol. The lowest BCUT2D eigenvalue weighted by Gasteiger charge is -2.28. The van der Waals surface area contributed by atoms with Crippen molar-refractivity contribution in [3.05, 3.63) is 217 Å². The third-order valence-corrected chi connectivity index (χ3v) is 13.9. The quantitative estimate of drug-likeness (QED) is 0.163. The smallest absolute Gasteiger partial charge is 0.0547 e. The van der Waals surface area contributed by atoms with Crippen LogP contribution in [0.4, 0.5) is 17.1 Å². The maximum atomic E-state index is 2.45. The Morgan fingerprint density at radius 2 is 0.983 bits per heavy atom. The van der Waals surface area contributed by atoms with Crippen LogP contribution in [0.15, 0.2) is 206 Å². The van der Waals surface area contributed by atoms with Gasteiger partial charge in [0.15, 0.2) is 0 Å². The molecule has 2 aromatic heterocycles. The van der Waals surface area contributed by atoms with Crippen LogP contribution in [-0.2, 0) is 5.41 Å². The third-order valence-electron chi connectivity index (χ3n) is 12.8. The first-order valence-electron chi connectivity index (χ1n) is 20.7. The van der Waals surface area contributed by atoms with Crippen LogP contribution < -0.4 is 4.90 Å². The molecule has 60 heavy (non-hydrogen) atoms. The third kappa shape index (κ3) is 5.40. The second-order valence-electron chi connectivity index (χ2n) is 16.6. The van der Waals surface area contributed by atoms with E-state index in [0.717, 1.165) is 17.1 Å². The Bertz CT molecular complexity index is 3450. The predicted octanol–water partition coefficient (Wildman–Crippen LogP) is 16.3. The molecule has 2 nitrogen and oxygen atoms in total. The van der Waals surface area contributed by atoms with Crippen molar-refractivity contribution >= 4 is 70.4 Å². The van der Waals surface area contributed by atoms with Gasteiger partial charge in [-0.25, -0.2) is 0 Å². The Kier molecular flexibility index (Phi) is 7.79. The molecule has 1 aliphatic carbocycles. The Morgan fingerprint density at radius 3 is 1.80 bits per heavy atom. The molecule has 0 saturated heterocycles. The fraction of sp³-hybridized carbons (Fsp3) is 0.0526. The maximum absolute atomic E-state index is 2.45. The minimum absolute atomic E-state index is 0.102. The number of hydrogen-bond donors (Lipinski definition) is 0. The van der Waals surface area contributed by atoms with Gasteiger partial charge in [0.2, 0.25) is 0 Å². The van der Waals surface area contributed by atoms with Crippen LogP contribution in [0, 0.1) is 0 Å². The molecule has 3 heteroatoms. The molecule has 0 amide bonds. The second kappa shape index (κ2) is 13.4. The van der Waals surface area contributed by atoms with Gasteiger partial charge in [-0.2, -0.15) is 0 Å². The van der Waals surface area contributed by atoms with Crippen molar-refractivity contribution in [3.8, 4) is 39.1 Å². The van der Waals surface area contributed by atoms with Gasteiger partial charge in [-0.3, -0.25) is 0 Å².